The fourth-order valence-electron chi connectivity index (χ4n) is 4.06. The quantitative estimate of drug-likeness (QED) is 0.185. The van der Waals surface area contributed by atoms with Crippen molar-refractivity contribution in [1.29, 1.82) is 0 Å². The van der Waals surface area contributed by atoms with Crippen molar-refractivity contribution in [3.63, 3.8) is 0 Å². The van der Waals surface area contributed by atoms with Crippen LogP contribution in [0.2, 0.25) is 0 Å². The Hall–Kier alpha value is -2.30. The summed E-state index contributed by atoms with van der Waals surface area (Å²) in [6.45, 7) is 4.83. The Kier molecular flexibility index (Phi) is 14.9. The van der Waals surface area contributed by atoms with Crippen LogP contribution in [0, 0.1) is 11.6 Å². The molecule has 0 saturated carbocycles. The first-order valence-corrected chi connectivity index (χ1v) is 13.8. The zero-order valence-electron chi connectivity index (χ0n) is 21.8. The molecule has 0 atom stereocenters. The van der Waals surface area contributed by atoms with Gasteiger partial charge in [-0.05, 0) is 31.4 Å². The average Bonchev–Trinajstić information content (AvgIpc) is 2.87. The predicted octanol–water partition coefficient (Wildman–Crippen LogP) is 9.71. The zero-order valence-corrected chi connectivity index (χ0v) is 21.8. The van der Waals surface area contributed by atoms with Crippen LogP contribution < -0.4 is 4.74 Å². The highest BCUT2D eigenvalue weighted by Crippen LogP contribution is 2.28. The molecule has 0 radical (unpaired) electrons. The average molecular weight is 487 g/mol. The molecule has 3 nitrogen and oxygen atoms in total. The van der Waals surface area contributed by atoms with Gasteiger partial charge in [0, 0.05) is 18.0 Å². The third-order valence-corrected chi connectivity index (χ3v) is 6.25. The van der Waals surface area contributed by atoms with Crippen LogP contribution in [-0.2, 0) is 0 Å². The van der Waals surface area contributed by atoms with E-state index in [4.69, 9.17) is 4.74 Å². The summed E-state index contributed by atoms with van der Waals surface area (Å²) >= 11 is 0. The van der Waals surface area contributed by atoms with Crippen LogP contribution in [0.25, 0.3) is 17.5 Å². The van der Waals surface area contributed by atoms with Crippen molar-refractivity contribution in [2.75, 3.05) is 6.61 Å². The highest BCUT2D eigenvalue weighted by Gasteiger charge is 2.17. The molecule has 2 rings (SSSR count). The van der Waals surface area contributed by atoms with Gasteiger partial charge in [-0.25, -0.2) is 14.4 Å². The van der Waals surface area contributed by atoms with Crippen molar-refractivity contribution in [3.8, 4) is 17.1 Å². The first-order chi connectivity index (χ1) is 17.2. The highest BCUT2D eigenvalue weighted by atomic mass is 19.2. The first-order valence-electron chi connectivity index (χ1n) is 13.8. The maximum Gasteiger partial charge on any atom is 0.201 e. The van der Waals surface area contributed by atoms with Crippen molar-refractivity contribution in [2.24, 2.45) is 0 Å². The second-order valence-electron chi connectivity index (χ2n) is 9.36. The molecule has 0 aliphatic rings. The molecule has 1 aromatic carbocycles. The van der Waals surface area contributed by atoms with E-state index < -0.39 is 11.6 Å². The van der Waals surface area contributed by atoms with E-state index in [1.165, 1.54) is 82.8 Å². The minimum atomic E-state index is -0.978. The van der Waals surface area contributed by atoms with Crippen LogP contribution in [0.15, 0.2) is 30.6 Å². The van der Waals surface area contributed by atoms with Crippen LogP contribution >= 0.6 is 0 Å². The molecule has 0 amide bonds. The third-order valence-electron chi connectivity index (χ3n) is 6.25. The predicted molar refractivity (Wildman–Crippen MR) is 143 cm³/mol. The zero-order chi connectivity index (χ0) is 25.1. The fourth-order valence-corrected chi connectivity index (χ4v) is 4.06. The SMILES string of the molecule is CCCCCCCCC=Cc1cnc(-c2ccc(OCCCCCCCCCC)c(F)c2F)nc1. The smallest absolute Gasteiger partial charge is 0.201 e. The monoisotopic (exact) mass is 486 g/mol. The largest absolute Gasteiger partial charge is 0.490 e. The molecule has 0 bridgehead atoms. The summed E-state index contributed by atoms with van der Waals surface area (Å²) in [5.41, 5.74) is 0.899. The van der Waals surface area contributed by atoms with Crippen LogP contribution in [0.3, 0.4) is 0 Å². The lowest BCUT2D eigenvalue weighted by Gasteiger charge is -2.10. The number of ether oxygens (including phenoxy) is 1. The number of hydrogen-bond donors (Lipinski definition) is 0. The number of halogens is 2. The van der Waals surface area contributed by atoms with Crippen LogP contribution in [0.1, 0.15) is 116 Å². The van der Waals surface area contributed by atoms with Crippen LogP contribution in [-0.4, -0.2) is 16.6 Å². The van der Waals surface area contributed by atoms with Gasteiger partial charge in [0.2, 0.25) is 5.82 Å². The lowest BCUT2D eigenvalue weighted by atomic mass is 10.1. The van der Waals surface area contributed by atoms with E-state index in [-0.39, 0.29) is 17.1 Å². The van der Waals surface area contributed by atoms with Gasteiger partial charge in [0.05, 0.1) is 12.2 Å². The number of unbranched alkanes of at least 4 members (excludes halogenated alkanes) is 13. The van der Waals surface area contributed by atoms with Crippen LogP contribution in [0.5, 0.6) is 5.75 Å². The van der Waals surface area contributed by atoms with Gasteiger partial charge in [-0.15, -0.1) is 0 Å². The number of hydrogen-bond acceptors (Lipinski definition) is 3. The lowest BCUT2D eigenvalue weighted by molar-refractivity contribution is 0.285. The van der Waals surface area contributed by atoms with Gasteiger partial charge in [0.1, 0.15) is 0 Å². The van der Waals surface area contributed by atoms with E-state index in [0.717, 1.165) is 31.2 Å². The fraction of sp³-hybridized carbons (Fsp3) is 0.600. The Labute approximate surface area is 211 Å². The highest BCUT2D eigenvalue weighted by molar-refractivity contribution is 5.59. The van der Waals surface area contributed by atoms with E-state index in [2.05, 4.69) is 29.9 Å². The molecule has 194 valence electrons. The molecule has 0 saturated heterocycles. The van der Waals surface area contributed by atoms with Crippen molar-refractivity contribution in [1.82, 2.24) is 9.97 Å². The molecule has 0 spiro atoms. The second kappa shape index (κ2) is 18.0. The summed E-state index contributed by atoms with van der Waals surface area (Å²) < 4.78 is 34.7. The molecule has 0 fully saturated rings. The first kappa shape index (κ1) is 28.9. The second-order valence-corrected chi connectivity index (χ2v) is 9.36. The summed E-state index contributed by atoms with van der Waals surface area (Å²) in [6, 6.07) is 2.96. The number of benzene rings is 1. The minimum Gasteiger partial charge on any atom is -0.490 e. The Morgan fingerprint density at radius 2 is 1.29 bits per heavy atom. The van der Waals surface area contributed by atoms with Gasteiger partial charge in [-0.2, -0.15) is 4.39 Å². The van der Waals surface area contributed by atoms with E-state index in [1.54, 1.807) is 12.4 Å². The molecule has 0 aliphatic heterocycles. The van der Waals surface area contributed by atoms with Gasteiger partial charge in [0.15, 0.2) is 17.4 Å². The number of nitrogens with zero attached hydrogens (tertiary/aromatic N) is 2. The van der Waals surface area contributed by atoms with Crippen molar-refractivity contribution in [2.45, 2.75) is 110 Å². The molecular weight excluding hydrogens is 442 g/mol. The molecule has 1 heterocycles. The van der Waals surface area contributed by atoms with Crippen LogP contribution in [0.4, 0.5) is 8.78 Å². The molecular formula is C30H44F2N2O. The molecule has 0 unspecified atom stereocenters. The van der Waals surface area contributed by atoms with Crippen molar-refractivity contribution < 1.29 is 13.5 Å². The standard InChI is InChI=1S/C30H44F2N2O/c1-3-5-7-9-11-13-15-17-19-25-23-33-30(34-24-25)26-20-21-27(29(32)28(26)31)35-22-18-16-14-12-10-8-6-4-2/h17,19-21,23-24H,3-16,18,22H2,1-2H3. The molecule has 0 N–H and O–H groups in total. The number of rotatable bonds is 19. The Bertz CT molecular complexity index is 852. The molecule has 5 heteroatoms. The normalized spacial score (nSPS) is 11.4. The van der Waals surface area contributed by atoms with E-state index in [1.807, 2.05) is 6.08 Å². The van der Waals surface area contributed by atoms with E-state index >= 15 is 0 Å². The van der Waals surface area contributed by atoms with E-state index in [0.29, 0.717) is 6.61 Å². The molecule has 0 aliphatic carbocycles. The minimum absolute atomic E-state index is 0.0459. The topological polar surface area (TPSA) is 35.0 Å². The van der Waals surface area contributed by atoms with Gasteiger partial charge < -0.3 is 4.74 Å². The summed E-state index contributed by atoms with van der Waals surface area (Å²) in [6.07, 6.45) is 25.4. The van der Waals surface area contributed by atoms with Crippen molar-refractivity contribution in [3.05, 3.63) is 47.8 Å². The Balaban J connectivity index is 1.77. The summed E-state index contributed by atoms with van der Waals surface area (Å²) in [5.74, 6) is -1.83. The van der Waals surface area contributed by atoms with Gasteiger partial charge >= 0.3 is 0 Å². The third kappa shape index (κ3) is 11.3. The molecule has 35 heavy (non-hydrogen) atoms. The Morgan fingerprint density at radius 3 is 1.91 bits per heavy atom. The Morgan fingerprint density at radius 1 is 0.714 bits per heavy atom. The number of allylic oxidation sites excluding steroid dienone is 1. The lowest BCUT2D eigenvalue weighted by Crippen LogP contribution is -2.02. The van der Waals surface area contributed by atoms with Gasteiger partial charge in [-0.3, -0.25) is 0 Å². The van der Waals surface area contributed by atoms with E-state index in [9.17, 15) is 8.78 Å². The molecule has 1 aromatic heterocycles. The van der Waals surface area contributed by atoms with Gasteiger partial charge in [0.25, 0.3) is 0 Å². The van der Waals surface area contributed by atoms with Gasteiger partial charge in [-0.1, -0.05) is 103 Å². The summed E-state index contributed by atoms with van der Waals surface area (Å²) in [5, 5.41) is 0. The number of aromatic nitrogens is 2. The summed E-state index contributed by atoms with van der Waals surface area (Å²) in [4.78, 5) is 8.48. The molecule has 2 aromatic rings. The van der Waals surface area contributed by atoms with Crippen molar-refractivity contribution >= 4 is 6.08 Å². The maximum atomic E-state index is 14.7. The summed E-state index contributed by atoms with van der Waals surface area (Å²) in [7, 11) is 0. The maximum absolute atomic E-state index is 14.7.